The Balaban J connectivity index is 2.48. The lowest BCUT2D eigenvalue weighted by Crippen LogP contribution is -1.94. The largest absolute Gasteiger partial charge is 0.507 e. The zero-order valence-corrected chi connectivity index (χ0v) is 8.80. The fourth-order valence-electron chi connectivity index (χ4n) is 1.39. The van der Waals surface area contributed by atoms with Crippen molar-refractivity contribution in [3.05, 3.63) is 35.5 Å². The van der Waals surface area contributed by atoms with Crippen LogP contribution < -0.4 is 0 Å². The molecule has 7 heteroatoms. The van der Waals surface area contributed by atoms with E-state index >= 15 is 0 Å². The smallest absolute Gasteiger partial charge is 0.358 e. The normalized spacial score (nSPS) is 10.8. The molecule has 0 aliphatic heterocycles. The van der Waals surface area contributed by atoms with Crippen LogP contribution in [0, 0.1) is 0 Å². The molecule has 0 spiro atoms. The van der Waals surface area contributed by atoms with E-state index in [1.54, 1.807) is 0 Å². The van der Waals surface area contributed by atoms with Gasteiger partial charge in [0.25, 0.3) is 6.43 Å². The Morgan fingerprint density at radius 2 is 2.06 bits per heavy atom. The maximum atomic E-state index is 12.5. The van der Waals surface area contributed by atoms with Crippen molar-refractivity contribution in [1.82, 2.24) is 5.16 Å². The average molecular weight is 255 g/mol. The third-order valence-corrected chi connectivity index (χ3v) is 2.27. The van der Waals surface area contributed by atoms with Gasteiger partial charge in [-0.1, -0.05) is 5.16 Å². The lowest BCUT2D eigenvalue weighted by Gasteiger charge is -2.04. The highest BCUT2D eigenvalue weighted by Gasteiger charge is 2.17. The summed E-state index contributed by atoms with van der Waals surface area (Å²) in [5.41, 5.74) is -0.712. The second-order valence-electron chi connectivity index (χ2n) is 3.46. The fourth-order valence-corrected chi connectivity index (χ4v) is 1.39. The van der Waals surface area contributed by atoms with Gasteiger partial charge in [0.05, 0.1) is 5.56 Å². The molecule has 1 aromatic carbocycles. The van der Waals surface area contributed by atoms with Crippen LogP contribution in [-0.2, 0) is 0 Å². The summed E-state index contributed by atoms with van der Waals surface area (Å²) in [4.78, 5) is 10.6. The van der Waals surface area contributed by atoms with Crippen LogP contribution in [0.25, 0.3) is 11.3 Å². The number of rotatable bonds is 3. The molecule has 0 bridgehead atoms. The maximum Gasteiger partial charge on any atom is 0.358 e. The van der Waals surface area contributed by atoms with Crippen molar-refractivity contribution in [3.63, 3.8) is 0 Å². The minimum absolute atomic E-state index is 0.0344. The highest BCUT2D eigenvalue weighted by molar-refractivity contribution is 5.86. The zero-order chi connectivity index (χ0) is 13.3. The second-order valence-corrected chi connectivity index (χ2v) is 3.46. The number of aromatic carboxylic acids is 1. The summed E-state index contributed by atoms with van der Waals surface area (Å²) in [5, 5.41) is 21.4. The third kappa shape index (κ3) is 2.15. The molecule has 18 heavy (non-hydrogen) atoms. The predicted molar refractivity (Wildman–Crippen MR) is 55.5 cm³/mol. The molecule has 0 saturated carbocycles. The number of benzene rings is 1. The number of aromatic hydroxyl groups is 1. The molecule has 0 unspecified atom stereocenters. The Bertz CT molecular complexity index is 594. The Kier molecular flexibility index (Phi) is 2.97. The van der Waals surface area contributed by atoms with E-state index in [4.69, 9.17) is 9.63 Å². The molecule has 0 radical (unpaired) electrons. The summed E-state index contributed by atoms with van der Waals surface area (Å²) >= 11 is 0. The van der Waals surface area contributed by atoms with Gasteiger partial charge in [0.2, 0.25) is 0 Å². The Hall–Kier alpha value is -2.44. The fraction of sp³-hybridized carbons (Fsp3) is 0.0909. The van der Waals surface area contributed by atoms with Crippen LogP contribution >= 0.6 is 0 Å². The molecule has 94 valence electrons. The van der Waals surface area contributed by atoms with Crippen molar-refractivity contribution >= 4 is 5.97 Å². The number of hydrogen-bond donors (Lipinski definition) is 2. The summed E-state index contributed by atoms with van der Waals surface area (Å²) in [6, 6.07) is 4.22. The van der Waals surface area contributed by atoms with Crippen LogP contribution in [-0.4, -0.2) is 21.3 Å². The first-order valence-electron chi connectivity index (χ1n) is 4.80. The van der Waals surface area contributed by atoms with Gasteiger partial charge in [-0.2, -0.15) is 0 Å². The molecule has 1 aromatic heterocycles. The van der Waals surface area contributed by atoms with Gasteiger partial charge in [-0.3, -0.25) is 0 Å². The number of halogens is 2. The molecule has 0 aliphatic carbocycles. The van der Waals surface area contributed by atoms with Gasteiger partial charge in [-0.25, -0.2) is 13.6 Å². The van der Waals surface area contributed by atoms with E-state index in [-0.39, 0.29) is 28.3 Å². The number of carboxylic acids is 1. The highest BCUT2D eigenvalue weighted by Crippen LogP contribution is 2.33. The molecule has 0 atom stereocenters. The average Bonchev–Trinajstić information content (AvgIpc) is 2.78. The van der Waals surface area contributed by atoms with E-state index < -0.39 is 12.4 Å². The van der Waals surface area contributed by atoms with Crippen LogP contribution in [0.3, 0.4) is 0 Å². The third-order valence-electron chi connectivity index (χ3n) is 2.27. The summed E-state index contributed by atoms with van der Waals surface area (Å²) in [6.07, 6.45) is -2.70. The summed E-state index contributed by atoms with van der Waals surface area (Å²) < 4.78 is 29.7. The Morgan fingerprint density at radius 3 is 2.61 bits per heavy atom. The SMILES string of the molecule is O=C(O)c1cc(-c2cc(C(F)F)ccc2O)on1. The van der Waals surface area contributed by atoms with E-state index in [9.17, 15) is 18.7 Å². The van der Waals surface area contributed by atoms with Crippen LogP contribution in [0.4, 0.5) is 8.78 Å². The quantitative estimate of drug-likeness (QED) is 0.880. The zero-order valence-electron chi connectivity index (χ0n) is 8.80. The number of alkyl halides is 2. The van der Waals surface area contributed by atoms with Crippen LogP contribution in [0.1, 0.15) is 22.5 Å². The van der Waals surface area contributed by atoms with Crippen LogP contribution in [0.2, 0.25) is 0 Å². The molecule has 2 aromatic rings. The first-order valence-corrected chi connectivity index (χ1v) is 4.80. The van der Waals surface area contributed by atoms with E-state index in [1.165, 1.54) is 0 Å². The van der Waals surface area contributed by atoms with E-state index in [2.05, 4.69) is 5.16 Å². The van der Waals surface area contributed by atoms with Crippen molar-refractivity contribution in [2.24, 2.45) is 0 Å². The van der Waals surface area contributed by atoms with Gasteiger partial charge in [-0.05, 0) is 18.2 Å². The van der Waals surface area contributed by atoms with E-state index in [0.717, 1.165) is 24.3 Å². The number of nitrogens with zero attached hydrogens (tertiary/aromatic N) is 1. The molecule has 2 N–H and O–H groups in total. The Morgan fingerprint density at radius 1 is 1.33 bits per heavy atom. The molecule has 0 aliphatic rings. The van der Waals surface area contributed by atoms with E-state index in [0.29, 0.717) is 0 Å². The van der Waals surface area contributed by atoms with Crippen LogP contribution in [0.15, 0.2) is 28.8 Å². The first-order chi connectivity index (χ1) is 8.49. The standard InChI is InChI=1S/C11H7F2NO4/c12-10(13)5-1-2-8(15)6(3-5)9-4-7(11(16)17)14-18-9/h1-4,10,15H,(H,16,17). The van der Waals surface area contributed by atoms with Crippen LogP contribution in [0.5, 0.6) is 5.75 Å². The second kappa shape index (κ2) is 4.44. The predicted octanol–water partition coefficient (Wildman–Crippen LogP) is 2.68. The summed E-state index contributed by atoms with van der Waals surface area (Å²) in [7, 11) is 0. The van der Waals surface area contributed by atoms with Gasteiger partial charge in [0.1, 0.15) is 5.75 Å². The summed E-state index contributed by atoms with van der Waals surface area (Å²) in [6.45, 7) is 0. The van der Waals surface area contributed by atoms with Crippen molar-refractivity contribution in [2.75, 3.05) is 0 Å². The number of hydrogen-bond acceptors (Lipinski definition) is 4. The van der Waals surface area contributed by atoms with E-state index in [1.807, 2.05) is 0 Å². The molecule has 1 heterocycles. The molecular weight excluding hydrogens is 248 g/mol. The monoisotopic (exact) mass is 255 g/mol. The van der Waals surface area contributed by atoms with Crippen molar-refractivity contribution in [1.29, 1.82) is 0 Å². The highest BCUT2D eigenvalue weighted by atomic mass is 19.3. The van der Waals surface area contributed by atoms with Crippen molar-refractivity contribution in [2.45, 2.75) is 6.43 Å². The Labute approximate surface area is 99.3 Å². The molecule has 2 rings (SSSR count). The molecule has 0 saturated heterocycles. The van der Waals surface area contributed by atoms with Gasteiger partial charge in [0.15, 0.2) is 11.5 Å². The molecule has 0 amide bonds. The molecule has 5 nitrogen and oxygen atoms in total. The molecule has 0 fully saturated rings. The minimum atomic E-state index is -2.70. The number of phenolic OH excluding ortho intramolecular Hbond substituents is 1. The van der Waals surface area contributed by atoms with Gasteiger partial charge in [0, 0.05) is 11.6 Å². The minimum Gasteiger partial charge on any atom is -0.507 e. The topological polar surface area (TPSA) is 83.6 Å². The number of phenols is 1. The van der Waals surface area contributed by atoms with Gasteiger partial charge >= 0.3 is 5.97 Å². The number of carboxylic acid groups (broad SMARTS) is 1. The summed E-state index contributed by atoms with van der Waals surface area (Å²) in [5.74, 6) is -1.70. The first kappa shape index (κ1) is 12.0. The number of aromatic nitrogens is 1. The lowest BCUT2D eigenvalue weighted by molar-refractivity contribution is 0.0686. The maximum absolute atomic E-state index is 12.5. The van der Waals surface area contributed by atoms with Crippen molar-refractivity contribution in [3.8, 4) is 17.1 Å². The van der Waals surface area contributed by atoms with Gasteiger partial charge in [-0.15, -0.1) is 0 Å². The van der Waals surface area contributed by atoms with Gasteiger partial charge < -0.3 is 14.7 Å². The van der Waals surface area contributed by atoms with Crippen molar-refractivity contribution < 1.29 is 28.3 Å². The lowest BCUT2D eigenvalue weighted by atomic mass is 10.1. The molecular formula is C11H7F2NO4. The number of carbonyl (C=O) groups is 1.